The van der Waals surface area contributed by atoms with Crippen LogP contribution in [0.2, 0.25) is 0 Å². The maximum absolute atomic E-state index is 15.1. The number of nitrogens with zero attached hydrogens (tertiary/aromatic N) is 4. The largest absolute Gasteiger partial charge is 0.497 e. The van der Waals surface area contributed by atoms with Gasteiger partial charge in [0.05, 0.1) is 26.1 Å². The monoisotopic (exact) mass is 634 g/mol. The highest BCUT2D eigenvalue weighted by Crippen LogP contribution is 2.30. The summed E-state index contributed by atoms with van der Waals surface area (Å²) in [6.07, 6.45) is 1.43. The van der Waals surface area contributed by atoms with Gasteiger partial charge in [0.1, 0.15) is 42.0 Å². The maximum Gasteiger partial charge on any atom is 0.266 e. The molecule has 0 aliphatic carbocycles. The Morgan fingerprint density at radius 2 is 1.49 bits per heavy atom. The van der Waals surface area contributed by atoms with Crippen LogP contribution in [0.5, 0.6) is 23.3 Å². The number of aromatic nitrogens is 5. The van der Waals surface area contributed by atoms with Gasteiger partial charge in [-0.25, -0.2) is 8.60 Å². The molecule has 0 aliphatic rings. The van der Waals surface area contributed by atoms with Crippen LogP contribution in [-0.2, 0) is 30.0 Å². The SMILES string of the molecule is COc1ccc(COc2nc(CS(=O)O)nc(OCc3ccc(OC)cc3)c2C(=O)Nc2ccc(-c3cn[nH]n3)cc2F)cc1. The predicted molar refractivity (Wildman–Crippen MR) is 161 cm³/mol. The molecule has 0 aliphatic heterocycles. The van der Waals surface area contributed by atoms with Crippen molar-refractivity contribution in [1.82, 2.24) is 25.4 Å². The summed E-state index contributed by atoms with van der Waals surface area (Å²) in [5, 5.41) is 12.6. The van der Waals surface area contributed by atoms with Crippen molar-refractivity contribution in [3.05, 3.63) is 101 Å². The number of carbonyl (C=O) groups is 1. The van der Waals surface area contributed by atoms with Crippen molar-refractivity contribution in [3.8, 4) is 34.5 Å². The summed E-state index contributed by atoms with van der Waals surface area (Å²) in [6, 6.07) is 18.1. The van der Waals surface area contributed by atoms with Crippen molar-refractivity contribution in [3.63, 3.8) is 0 Å². The number of nitrogens with one attached hydrogen (secondary N) is 2. The minimum atomic E-state index is -2.31. The zero-order chi connectivity index (χ0) is 31.8. The van der Waals surface area contributed by atoms with E-state index in [-0.39, 0.29) is 42.0 Å². The Hall–Kier alpha value is -5.41. The normalized spacial score (nSPS) is 11.5. The fourth-order valence-corrected chi connectivity index (χ4v) is 4.44. The van der Waals surface area contributed by atoms with E-state index in [9.17, 15) is 13.6 Å². The average molecular weight is 635 g/mol. The summed E-state index contributed by atoms with van der Waals surface area (Å²) in [6.45, 7) is -0.0801. The second-order valence-corrected chi connectivity index (χ2v) is 10.3. The Kier molecular flexibility index (Phi) is 9.91. The van der Waals surface area contributed by atoms with Crippen molar-refractivity contribution in [1.29, 1.82) is 0 Å². The summed E-state index contributed by atoms with van der Waals surface area (Å²) in [7, 11) is 3.09. The number of amides is 1. The lowest BCUT2D eigenvalue weighted by molar-refractivity contribution is 0.101. The first-order chi connectivity index (χ1) is 21.8. The maximum atomic E-state index is 15.1. The highest BCUT2D eigenvalue weighted by atomic mass is 32.2. The molecule has 0 saturated carbocycles. The van der Waals surface area contributed by atoms with Crippen LogP contribution in [0.25, 0.3) is 11.3 Å². The Bertz CT molecular complexity index is 1720. The number of benzene rings is 3. The third-order valence-corrected chi connectivity index (χ3v) is 6.87. The van der Waals surface area contributed by atoms with E-state index in [2.05, 4.69) is 30.7 Å². The molecule has 3 N–H and O–H groups in total. The van der Waals surface area contributed by atoms with Crippen molar-refractivity contribution < 1.29 is 36.9 Å². The zero-order valence-corrected chi connectivity index (χ0v) is 24.8. The van der Waals surface area contributed by atoms with Gasteiger partial charge < -0.3 is 28.8 Å². The van der Waals surface area contributed by atoms with Crippen LogP contribution >= 0.6 is 0 Å². The molecule has 0 bridgehead atoms. The lowest BCUT2D eigenvalue weighted by Gasteiger charge is -2.16. The van der Waals surface area contributed by atoms with E-state index in [1.54, 1.807) is 68.8 Å². The number of halogens is 1. The molecular formula is C30H27FN6O7S. The highest BCUT2D eigenvalue weighted by Gasteiger charge is 2.26. The average Bonchev–Trinajstić information content (AvgIpc) is 3.59. The number of hydrogen-bond acceptors (Lipinski definition) is 10. The van der Waals surface area contributed by atoms with Crippen LogP contribution in [0.4, 0.5) is 10.1 Å². The van der Waals surface area contributed by atoms with Gasteiger partial charge in [0, 0.05) is 5.56 Å². The molecule has 0 saturated heterocycles. The Morgan fingerprint density at radius 1 is 0.911 bits per heavy atom. The van der Waals surface area contributed by atoms with Crippen LogP contribution < -0.4 is 24.3 Å². The van der Waals surface area contributed by atoms with Crippen LogP contribution in [0, 0.1) is 5.82 Å². The molecule has 0 spiro atoms. The highest BCUT2D eigenvalue weighted by molar-refractivity contribution is 7.78. The Labute approximate surface area is 259 Å². The number of methoxy groups -OCH3 is 2. The van der Waals surface area contributed by atoms with E-state index < -0.39 is 28.6 Å². The summed E-state index contributed by atoms with van der Waals surface area (Å²) in [5.74, 6) is -1.33. The Balaban J connectivity index is 1.50. The van der Waals surface area contributed by atoms with Crippen molar-refractivity contribution in [2.45, 2.75) is 19.0 Å². The molecule has 1 unspecified atom stereocenters. The lowest BCUT2D eigenvalue weighted by atomic mass is 10.1. The second kappa shape index (κ2) is 14.4. The number of rotatable bonds is 13. The number of H-pyrrole nitrogens is 1. The quantitative estimate of drug-likeness (QED) is 0.155. The van der Waals surface area contributed by atoms with Crippen LogP contribution in [-0.4, -0.2) is 54.3 Å². The smallest absolute Gasteiger partial charge is 0.266 e. The molecule has 1 amide bonds. The van der Waals surface area contributed by atoms with Crippen molar-refractivity contribution in [2.75, 3.05) is 19.5 Å². The van der Waals surface area contributed by atoms with Gasteiger partial charge in [-0.15, -0.1) is 0 Å². The van der Waals surface area contributed by atoms with E-state index >= 15 is 4.39 Å². The van der Waals surface area contributed by atoms with Gasteiger partial charge in [0.2, 0.25) is 11.8 Å². The van der Waals surface area contributed by atoms with Gasteiger partial charge in [-0.1, -0.05) is 30.3 Å². The molecule has 0 fully saturated rings. The number of hydrogen-bond donors (Lipinski definition) is 3. The number of carbonyl (C=O) groups excluding carboxylic acids is 1. The number of ether oxygens (including phenoxy) is 4. The molecule has 2 heterocycles. The summed E-state index contributed by atoms with van der Waals surface area (Å²) < 4.78 is 58.7. The zero-order valence-electron chi connectivity index (χ0n) is 24.0. The summed E-state index contributed by atoms with van der Waals surface area (Å²) in [5.41, 5.74) is 1.89. The molecule has 5 rings (SSSR count). The summed E-state index contributed by atoms with van der Waals surface area (Å²) >= 11 is -2.31. The fourth-order valence-electron chi connectivity index (χ4n) is 4.09. The fraction of sp³-hybridized carbons (Fsp3) is 0.167. The first kappa shape index (κ1) is 31.0. The van der Waals surface area contributed by atoms with Crippen LogP contribution in [0.1, 0.15) is 27.3 Å². The molecular weight excluding hydrogens is 607 g/mol. The lowest BCUT2D eigenvalue weighted by Crippen LogP contribution is -2.19. The van der Waals surface area contributed by atoms with Gasteiger partial charge in [-0.2, -0.15) is 25.4 Å². The second-order valence-electron chi connectivity index (χ2n) is 9.37. The van der Waals surface area contributed by atoms with E-state index in [4.69, 9.17) is 18.9 Å². The van der Waals surface area contributed by atoms with E-state index in [1.807, 2.05) is 0 Å². The van der Waals surface area contributed by atoms with E-state index in [0.717, 1.165) is 0 Å². The molecule has 232 valence electrons. The molecule has 1 atom stereocenters. The summed E-state index contributed by atoms with van der Waals surface area (Å²) in [4.78, 5) is 22.3. The minimum absolute atomic E-state index is 0.0401. The number of aromatic amines is 1. The van der Waals surface area contributed by atoms with Gasteiger partial charge in [-0.3, -0.25) is 4.79 Å². The van der Waals surface area contributed by atoms with Crippen molar-refractivity contribution in [2.24, 2.45) is 0 Å². The molecule has 2 aromatic heterocycles. The van der Waals surface area contributed by atoms with Gasteiger partial charge >= 0.3 is 0 Å². The number of anilines is 1. The molecule has 3 aromatic carbocycles. The standard InChI is InChI=1S/C30H27FN6O7S/c1-41-21-8-3-18(4-9-21)15-43-29-27(28(38)33-24-12-7-20(13-23(24)31)25-14-32-37-36-25)30(35-26(34-29)17-45(39)40)44-16-19-5-10-22(42-2)11-6-19/h3-14H,15-17H2,1-2H3,(H,33,38)(H,39,40)(H,32,36,37). The predicted octanol–water partition coefficient (Wildman–Crippen LogP) is 4.55. The van der Waals surface area contributed by atoms with Crippen LogP contribution in [0.15, 0.2) is 72.9 Å². The van der Waals surface area contributed by atoms with Gasteiger partial charge in [-0.05, 0) is 47.5 Å². The third kappa shape index (κ3) is 7.95. The van der Waals surface area contributed by atoms with Gasteiger partial charge in [0.25, 0.3) is 5.91 Å². The molecule has 15 heteroatoms. The Morgan fingerprint density at radius 3 is 1.96 bits per heavy atom. The van der Waals surface area contributed by atoms with Crippen LogP contribution in [0.3, 0.4) is 0 Å². The van der Waals surface area contributed by atoms with Crippen molar-refractivity contribution >= 4 is 22.7 Å². The molecule has 45 heavy (non-hydrogen) atoms. The van der Waals surface area contributed by atoms with Gasteiger partial charge in [0.15, 0.2) is 22.5 Å². The topological polar surface area (TPSA) is 171 Å². The molecule has 13 nitrogen and oxygen atoms in total. The van der Waals surface area contributed by atoms with E-state index in [0.29, 0.717) is 33.9 Å². The molecule has 5 aromatic rings. The minimum Gasteiger partial charge on any atom is -0.497 e. The first-order valence-electron chi connectivity index (χ1n) is 13.3. The van der Waals surface area contributed by atoms with E-state index in [1.165, 1.54) is 18.3 Å². The molecule has 0 radical (unpaired) electrons. The third-order valence-electron chi connectivity index (χ3n) is 6.37. The first-order valence-corrected chi connectivity index (χ1v) is 14.6.